The third kappa shape index (κ3) is 4.22. The maximum Gasteiger partial charge on any atom is 0.270 e. The molecule has 4 N–H and O–H groups in total. The lowest BCUT2D eigenvalue weighted by Crippen LogP contribution is -2.52. The average Bonchev–Trinajstić information content (AvgIpc) is 3.07. The van der Waals surface area contributed by atoms with Crippen LogP contribution >= 0.6 is 0 Å². The van der Waals surface area contributed by atoms with Gasteiger partial charge in [0.2, 0.25) is 21.8 Å². The van der Waals surface area contributed by atoms with Gasteiger partial charge in [0.15, 0.2) is 0 Å². The summed E-state index contributed by atoms with van der Waals surface area (Å²) in [4.78, 5) is 53.7. The van der Waals surface area contributed by atoms with Gasteiger partial charge >= 0.3 is 0 Å². The molecule has 3 heterocycles. The van der Waals surface area contributed by atoms with Crippen LogP contribution in [-0.4, -0.2) is 48.0 Å². The van der Waals surface area contributed by atoms with Gasteiger partial charge < -0.3 is 10.2 Å². The summed E-state index contributed by atoms with van der Waals surface area (Å²) >= 11 is 0. The summed E-state index contributed by atoms with van der Waals surface area (Å²) in [6.45, 7) is 0.379. The van der Waals surface area contributed by atoms with Crippen LogP contribution in [0.15, 0.2) is 41.4 Å². The molecule has 1 aromatic carbocycles. The van der Waals surface area contributed by atoms with Crippen LogP contribution in [0.2, 0.25) is 0 Å². The highest BCUT2D eigenvalue weighted by Crippen LogP contribution is 2.28. The smallest absolute Gasteiger partial charge is 0.270 e. The minimum Gasteiger partial charge on any atom is -0.347 e. The zero-order valence-corrected chi connectivity index (χ0v) is 17.5. The monoisotopic (exact) mass is 457 g/mol. The van der Waals surface area contributed by atoms with E-state index in [4.69, 9.17) is 5.14 Å². The van der Waals surface area contributed by atoms with E-state index in [9.17, 15) is 27.6 Å². The Morgan fingerprint density at radius 2 is 2.00 bits per heavy atom. The molecule has 0 bridgehead atoms. The Bertz CT molecular complexity index is 1240. The number of pyridine rings is 1. The number of sulfonamides is 1. The van der Waals surface area contributed by atoms with Crippen molar-refractivity contribution in [3.63, 3.8) is 0 Å². The van der Waals surface area contributed by atoms with Gasteiger partial charge in [0.1, 0.15) is 16.6 Å². The molecule has 0 saturated carbocycles. The van der Waals surface area contributed by atoms with Crippen LogP contribution in [0.3, 0.4) is 0 Å². The van der Waals surface area contributed by atoms with Crippen LogP contribution in [0.4, 0.5) is 0 Å². The average molecular weight is 457 g/mol. The van der Waals surface area contributed by atoms with Gasteiger partial charge in [-0.25, -0.2) is 18.5 Å². The summed E-state index contributed by atoms with van der Waals surface area (Å²) in [7, 11) is -3.90. The van der Waals surface area contributed by atoms with Crippen molar-refractivity contribution < 1.29 is 27.6 Å². The molecular weight excluding hydrogens is 438 g/mol. The van der Waals surface area contributed by atoms with Gasteiger partial charge in [-0.3, -0.25) is 24.5 Å². The highest BCUT2D eigenvalue weighted by atomic mass is 32.2. The number of rotatable bonds is 5. The van der Waals surface area contributed by atoms with E-state index in [0.717, 1.165) is 11.8 Å². The second kappa shape index (κ2) is 8.13. The number of aromatic nitrogens is 1. The molecule has 1 fully saturated rings. The highest BCUT2D eigenvalue weighted by Gasteiger charge is 2.39. The predicted octanol–water partition coefficient (Wildman–Crippen LogP) is -0.580. The molecule has 1 aromatic heterocycles. The van der Waals surface area contributed by atoms with Gasteiger partial charge in [0, 0.05) is 31.3 Å². The van der Waals surface area contributed by atoms with Crippen molar-refractivity contribution in [2.75, 3.05) is 0 Å². The van der Waals surface area contributed by atoms with E-state index >= 15 is 0 Å². The standard InChI is InChI=1S/C20H19N5O6S/c21-32(30,31)13-3-4-15(22-9-13)18(27)23-8-11-1-2-12-10-25(20(29)14(12)7-11)16-5-6-17(26)24-19(16)28/h1-4,7,9,16H,5-6,8,10H2,(H,23,27)(H2,21,30,31)(H,24,26,28). The Morgan fingerprint density at radius 3 is 2.66 bits per heavy atom. The lowest BCUT2D eigenvalue weighted by atomic mass is 10.0. The SMILES string of the molecule is NS(=O)(=O)c1ccc(C(=O)NCc2ccc3c(c2)C(=O)N(C2CCC(=O)NC2=O)C3)nc1. The van der Waals surface area contributed by atoms with Crippen LogP contribution in [0, 0.1) is 0 Å². The topological polar surface area (TPSA) is 169 Å². The Hall–Kier alpha value is -3.64. The number of carbonyl (C=O) groups is 4. The number of nitrogens with one attached hydrogen (secondary N) is 2. The largest absolute Gasteiger partial charge is 0.347 e. The van der Waals surface area contributed by atoms with Crippen LogP contribution in [-0.2, 0) is 32.7 Å². The first-order valence-corrected chi connectivity index (χ1v) is 11.2. The number of piperidine rings is 1. The molecular formula is C20H19N5O6S. The highest BCUT2D eigenvalue weighted by molar-refractivity contribution is 7.89. The van der Waals surface area contributed by atoms with Crippen molar-refractivity contribution in [3.05, 3.63) is 58.9 Å². The van der Waals surface area contributed by atoms with Crippen molar-refractivity contribution in [3.8, 4) is 0 Å². The van der Waals surface area contributed by atoms with Crippen molar-refractivity contribution in [2.24, 2.45) is 5.14 Å². The minimum atomic E-state index is -3.90. The Morgan fingerprint density at radius 1 is 1.22 bits per heavy atom. The molecule has 0 aliphatic carbocycles. The van der Waals surface area contributed by atoms with Gasteiger partial charge in [-0.1, -0.05) is 12.1 Å². The Balaban J connectivity index is 1.42. The summed E-state index contributed by atoms with van der Waals surface area (Å²) in [6.07, 6.45) is 1.46. The van der Waals surface area contributed by atoms with Crippen LogP contribution in [0.25, 0.3) is 0 Å². The third-order valence-corrected chi connectivity index (χ3v) is 6.24. The molecule has 2 aliphatic heterocycles. The van der Waals surface area contributed by atoms with Crippen molar-refractivity contribution in [2.45, 2.75) is 36.9 Å². The van der Waals surface area contributed by atoms with Crippen LogP contribution in [0.5, 0.6) is 0 Å². The summed E-state index contributed by atoms with van der Waals surface area (Å²) in [5.74, 6) is -1.65. The Labute approximate surface area is 183 Å². The molecule has 166 valence electrons. The molecule has 2 aromatic rings. The van der Waals surface area contributed by atoms with E-state index in [-0.39, 0.29) is 48.3 Å². The number of imide groups is 1. The van der Waals surface area contributed by atoms with Crippen LogP contribution in [0.1, 0.15) is 44.8 Å². The normalized spacial score (nSPS) is 18.3. The molecule has 0 radical (unpaired) electrons. The van der Waals surface area contributed by atoms with E-state index in [2.05, 4.69) is 15.6 Å². The maximum atomic E-state index is 12.9. The minimum absolute atomic E-state index is 0.0127. The quantitative estimate of drug-likeness (QED) is 0.505. The van der Waals surface area contributed by atoms with E-state index in [1.165, 1.54) is 17.0 Å². The molecule has 1 atom stereocenters. The third-order valence-electron chi connectivity index (χ3n) is 5.34. The lowest BCUT2D eigenvalue weighted by molar-refractivity contribution is -0.136. The van der Waals surface area contributed by atoms with Crippen molar-refractivity contribution in [1.29, 1.82) is 0 Å². The number of benzene rings is 1. The molecule has 4 rings (SSSR count). The number of hydrogen-bond acceptors (Lipinski definition) is 7. The number of fused-ring (bicyclic) bond motifs is 1. The molecule has 11 nitrogen and oxygen atoms in total. The molecule has 0 spiro atoms. The van der Waals surface area contributed by atoms with E-state index in [1.807, 2.05) is 0 Å². The fourth-order valence-corrected chi connectivity index (χ4v) is 4.12. The second-order valence-corrected chi connectivity index (χ2v) is 9.06. The molecule has 32 heavy (non-hydrogen) atoms. The first kappa shape index (κ1) is 21.6. The maximum absolute atomic E-state index is 12.9. The summed E-state index contributed by atoms with van der Waals surface area (Å²) < 4.78 is 22.5. The fourth-order valence-electron chi connectivity index (χ4n) is 3.67. The molecule has 1 unspecified atom stereocenters. The number of primary sulfonamides is 1. The zero-order valence-electron chi connectivity index (χ0n) is 16.7. The first-order chi connectivity index (χ1) is 15.1. The van der Waals surface area contributed by atoms with Crippen molar-refractivity contribution in [1.82, 2.24) is 20.5 Å². The second-order valence-electron chi connectivity index (χ2n) is 7.50. The number of nitrogens with two attached hydrogens (primary N) is 1. The summed E-state index contributed by atoms with van der Waals surface area (Å²) in [5, 5.41) is 9.92. The van der Waals surface area contributed by atoms with E-state index in [1.54, 1.807) is 18.2 Å². The number of nitrogens with zero attached hydrogens (tertiary/aromatic N) is 2. The predicted molar refractivity (Wildman–Crippen MR) is 109 cm³/mol. The summed E-state index contributed by atoms with van der Waals surface area (Å²) in [6, 6.07) is 6.93. The first-order valence-electron chi connectivity index (χ1n) is 9.67. The number of hydrogen-bond donors (Lipinski definition) is 3. The zero-order chi connectivity index (χ0) is 23.0. The molecule has 12 heteroatoms. The van der Waals surface area contributed by atoms with Crippen LogP contribution < -0.4 is 15.8 Å². The number of amides is 4. The van der Waals surface area contributed by atoms with Gasteiger partial charge in [0.25, 0.3) is 11.8 Å². The van der Waals surface area contributed by atoms with Gasteiger partial charge in [-0.15, -0.1) is 0 Å². The van der Waals surface area contributed by atoms with Gasteiger partial charge in [0.05, 0.1) is 0 Å². The molecule has 2 aliphatic rings. The molecule has 1 saturated heterocycles. The summed E-state index contributed by atoms with van der Waals surface area (Å²) in [5.41, 5.74) is 1.88. The number of carbonyl (C=O) groups excluding carboxylic acids is 4. The fraction of sp³-hybridized carbons (Fsp3) is 0.250. The van der Waals surface area contributed by atoms with Crippen molar-refractivity contribution >= 4 is 33.7 Å². The van der Waals surface area contributed by atoms with E-state index < -0.39 is 27.9 Å². The van der Waals surface area contributed by atoms with Gasteiger partial charge in [-0.2, -0.15) is 0 Å². The Kier molecular flexibility index (Phi) is 5.48. The lowest BCUT2D eigenvalue weighted by Gasteiger charge is -2.29. The van der Waals surface area contributed by atoms with Gasteiger partial charge in [-0.05, 0) is 35.7 Å². The molecule has 4 amide bonds. The van der Waals surface area contributed by atoms with E-state index in [0.29, 0.717) is 11.1 Å².